The van der Waals surface area contributed by atoms with E-state index >= 15 is 0 Å². The first-order valence-electron chi connectivity index (χ1n) is 12.2. The minimum atomic E-state index is -4.43. The summed E-state index contributed by atoms with van der Waals surface area (Å²) in [6, 6.07) is 13.0. The summed E-state index contributed by atoms with van der Waals surface area (Å²) in [7, 11) is -4.43. The van der Waals surface area contributed by atoms with E-state index in [4.69, 9.17) is 11.6 Å². The Bertz CT molecular complexity index is 1470. The first-order valence-corrected chi connectivity index (χ1v) is 14.1. The summed E-state index contributed by atoms with van der Waals surface area (Å²) in [6.07, 6.45) is -0.475. The van der Waals surface area contributed by atoms with Crippen molar-refractivity contribution in [3.8, 4) is 0 Å². The molecule has 0 atom stereocenters. The Labute approximate surface area is 238 Å². The van der Waals surface area contributed by atoms with E-state index in [1.807, 2.05) is 27.7 Å². The monoisotopic (exact) mass is 590 g/mol. The fourth-order valence-corrected chi connectivity index (χ4v) is 4.51. The molecule has 0 heterocycles. The Morgan fingerprint density at radius 1 is 0.825 bits per heavy atom. The Morgan fingerprint density at radius 2 is 1.38 bits per heavy atom. The number of halogens is 1. The predicted molar refractivity (Wildman–Crippen MR) is 154 cm³/mol. The molecule has 0 aromatic heterocycles. The van der Waals surface area contributed by atoms with Crippen molar-refractivity contribution in [3.05, 3.63) is 87.9 Å². The quantitative estimate of drug-likeness (QED) is 0.171. The summed E-state index contributed by atoms with van der Waals surface area (Å²) in [6.45, 7) is 9.74. The lowest BCUT2D eigenvalue weighted by Gasteiger charge is -2.13. The molecule has 0 aliphatic rings. The average Bonchev–Trinajstić information content (AvgIpc) is 2.92. The molecular weight excluding hydrogens is 560 g/mol. The van der Waals surface area contributed by atoms with Crippen molar-refractivity contribution < 1.29 is 37.8 Å². The number of rotatable bonds is 9. The second-order valence-electron chi connectivity index (χ2n) is 7.62. The van der Waals surface area contributed by atoms with Gasteiger partial charge in [-0.3, -0.25) is 14.3 Å². The number of carboxylic acid groups (broad SMARTS) is 2. The van der Waals surface area contributed by atoms with Gasteiger partial charge in [-0.1, -0.05) is 63.6 Å². The van der Waals surface area contributed by atoms with Crippen LogP contribution in [0.2, 0.25) is 5.02 Å². The lowest BCUT2D eigenvalue weighted by Crippen LogP contribution is -2.18. The van der Waals surface area contributed by atoms with Crippen LogP contribution in [-0.2, 0) is 14.8 Å². The molecule has 4 N–H and O–H groups in total. The lowest BCUT2D eigenvalue weighted by atomic mass is 10.0. The number of anilines is 2. The molecule has 1 amide bonds. The van der Waals surface area contributed by atoms with Gasteiger partial charge in [0.15, 0.2) is 5.78 Å². The molecule has 0 aliphatic heterocycles. The van der Waals surface area contributed by atoms with Gasteiger partial charge in [0.25, 0.3) is 10.0 Å². The van der Waals surface area contributed by atoms with E-state index < -0.39 is 56.1 Å². The van der Waals surface area contributed by atoms with Crippen molar-refractivity contribution in [2.45, 2.75) is 45.9 Å². The van der Waals surface area contributed by atoms with Crippen LogP contribution in [0.5, 0.6) is 0 Å². The molecule has 0 saturated heterocycles. The number of benzene rings is 3. The minimum Gasteiger partial charge on any atom is -0.478 e. The van der Waals surface area contributed by atoms with Gasteiger partial charge in [0.05, 0.1) is 38.8 Å². The molecule has 3 aromatic rings. The smallest absolute Gasteiger partial charge is 0.335 e. The fourth-order valence-electron chi connectivity index (χ4n) is 3.22. The highest BCUT2D eigenvalue weighted by atomic mass is 35.5. The van der Waals surface area contributed by atoms with Crippen molar-refractivity contribution in [3.63, 3.8) is 0 Å². The van der Waals surface area contributed by atoms with E-state index in [-0.39, 0.29) is 16.4 Å². The molecule has 40 heavy (non-hydrogen) atoms. The summed E-state index contributed by atoms with van der Waals surface area (Å²) in [5.41, 5.74) is 0.00476. The van der Waals surface area contributed by atoms with Crippen molar-refractivity contribution >= 4 is 56.6 Å². The number of amides is 1. The van der Waals surface area contributed by atoms with Crippen molar-refractivity contribution in [2.75, 3.05) is 10.0 Å². The molecule has 0 saturated carbocycles. The van der Waals surface area contributed by atoms with Gasteiger partial charge in [0.1, 0.15) is 0 Å². The van der Waals surface area contributed by atoms with Crippen LogP contribution < -0.4 is 10.0 Å². The number of hydrogen-bond donors (Lipinski definition) is 4. The standard InChI is InChI=1S/C24H19ClN2O8S.2C2H6/c1-13-4-2-3-5-18(13)21(28)12-22(29)26-20-11-16(6-7-19(20)25)27-36(34,35)17-9-14(23(30)31)8-15(10-17)24(32)33;2*1-2/h2-11,27H,12H2,1H3,(H,26,29)(H,30,31)(H,32,33);2*1-2H3. The van der Waals surface area contributed by atoms with Crippen LogP contribution in [0.1, 0.15) is 70.8 Å². The van der Waals surface area contributed by atoms with Gasteiger partial charge in [-0.2, -0.15) is 0 Å². The molecule has 0 bridgehead atoms. The molecule has 0 aliphatic carbocycles. The first kappa shape index (κ1) is 33.8. The zero-order valence-electron chi connectivity index (χ0n) is 22.6. The van der Waals surface area contributed by atoms with Crippen LogP contribution >= 0.6 is 11.6 Å². The van der Waals surface area contributed by atoms with Crippen LogP contribution in [0, 0.1) is 6.92 Å². The van der Waals surface area contributed by atoms with Crippen LogP contribution in [-0.4, -0.2) is 42.3 Å². The van der Waals surface area contributed by atoms with Gasteiger partial charge in [-0.25, -0.2) is 18.0 Å². The van der Waals surface area contributed by atoms with Crippen molar-refractivity contribution in [2.24, 2.45) is 0 Å². The molecule has 10 nitrogen and oxygen atoms in total. The summed E-state index contributed by atoms with van der Waals surface area (Å²) in [5, 5.41) is 20.9. The third kappa shape index (κ3) is 9.21. The van der Waals surface area contributed by atoms with Gasteiger partial charge in [0, 0.05) is 5.56 Å². The Kier molecular flexibility index (Phi) is 13.0. The van der Waals surface area contributed by atoms with Gasteiger partial charge >= 0.3 is 11.9 Å². The van der Waals surface area contributed by atoms with E-state index in [1.165, 1.54) is 18.2 Å². The van der Waals surface area contributed by atoms with E-state index in [0.29, 0.717) is 11.1 Å². The highest BCUT2D eigenvalue weighted by molar-refractivity contribution is 7.92. The largest absolute Gasteiger partial charge is 0.478 e. The number of nitrogens with one attached hydrogen (secondary N) is 2. The zero-order valence-corrected chi connectivity index (χ0v) is 24.2. The number of carbonyl (C=O) groups is 4. The first-order chi connectivity index (χ1) is 18.9. The molecule has 3 aromatic carbocycles. The Balaban J connectivity index is 0.00000191. The van der Waals surface area contributed by atoms with Gasteiger partial charge < -0.3 is 15.5 Å². The topological polar surface area (TPSA) is 167 Å². The summed E-state index contributed by atoms with van der Waals surface area (Å²) < 4.78 is 27.9. The van der Waals surface area contributed by atoms with E-state index in [1.54, 1.807) is 31.2 Å². The average molecular weight is 591 g/mol. The molecule has 0 radical (unpaired) electrons. The number of carbonyl (C=O) groups excluding carboxylic acids is 2. The third-order valence-corrected chi connectivity index (χ3v) is 6.66. The highest BCUT2D eigenvalue weighted by Crippen LogP contribution is 2.28. The maximum Gasteiger partial charge on any atom is 0.335 e. The molecular formula is C28H31ClN2O8S. The number of Topliss-reactive ketones (excluding diaryl/α,β-unsaturated/α-hetero) is 1. The number of sulfonamides is 1. The second-order valence-corrected chi connectivity index (χ2v) is 9.71. The molecule has 3 rings (SSSR count). The van der Waals surface area contributed by atoms with E-state index in [9.17, 15) is 37.8 Å². The zero-order chi connectivity index (χ0) is 30.6. The lowest BCUT2D eigenvalue weighted by molar-refractivity contribution is -0.115. The number of carboxylic acids is 2. The van der Waals surface area contributed by atoms with Crippen LogP contribution in [0.3, 0.4) is 0 Å². The number of aryl methyl sites for hydroxylation is 1. The molecule has 12 heteroatoms. The van der Waals surface area contributed by atoms with Crippen molar-refractivity contribution in [1.82, 2.24) is 0 Å². The number of hydrogen-bond acceptors (Lipinski definition) is 6. The van der Waals surface area contributed by atoms with Gasteiger partial charge in [0.2, 0.25) is 5.91 Å². The summed E-state index contributed by atoms with van der Waals surface area (Å²) >= 11 is 6.11. The Hall–Kier alpha value is -4.22. The molecule has 0 unspecified atom stereocenters. The third-order valence-electron chi connectivity index (χ3n) is 4.97. The maximum atomic E-state index is 12.8. The van der Waals surface area contributed by atoms with Crippen LogP contribution in [0.25, 0.3) is 0 Å². The normalized spacial score (nSPS) is 10.2. The van der Waals surface area contributed by atoms with Crippen molar-refractivity contribution in [1.29, 1.82) is 0 Å². The Morgan fingerprint density at radius 3 is 1.90 bits per heavy atom. The minimum absolute atomic E-state index is 0.0185. The SMILES string of the molecule is CC.CC.Cc1ccccc1C(=O)CC(=O)Nc1cc(NS(=O)(=O)c2cc(C(=O)O)cc(C(=O)O)c2)ccc1Cl. The molecule has 0 fully saturated rings. The van der Waals surface area contributed by atoms with Gasteiger partial charge in [-0.15, -0.1) is 0 Å². The van der Waals surface area contributed by atoms with Gasteiger partial charge in [-0.05, 0) is 48.9 Å². The molecule has 0 spiro atoms. The van der Waals surface area contributed by atoms with E-state index in [0.717, 1.165) is 18.2 Å². The summed E-state index contributed by atoms with van der Waals surface area (Å²) in [5.74, 6) is -4.10. The van der Waals surface area contributed by atoms with E-state index in [2.05, 4.69) is 10.0 Å². The second kappa shape index (κ2) is 15.4. The molecule has 214 valence electrons. The number of aromatic carboxylic acids is 2. The van der Waals surface area contributed by atoms with Crippen LogP contribution in [0.15, 0.2) is 65.6 Å². The maximum absolute atomic E-state index is 12.8. The highest BCUT2D eigenvalue weighted by Gasteiger charge is 2.21. The number of ketones is 1. The fraction of sp³-hybridized carbons (Fsp3) is 0.214. The predicted octanol–water partition coefficient (Wildman–Crippen LogP) is 6.11. The van der Waals surface area contributed by atoms with Crippen LogP contribution in [0.4, 0.5) is 11.4 Å². The summed E-state index contributed by atoms with van der Waals surface area (Å²) in [4.78, 5) is 46.9.